The van der Waals surface area contributed by atoms with Gasteiger partial charge < -0.3 is 5.32 Å². The average Bonchev–Trinajstić information content (AvgIpc) is 3.51. The van der Waals surface area contributed by atoms with E-state index in [2.05, 4.69) is 10.3 Å². The molecule has 164 valence electrons. The number of nitrogens with one attached hydrogen (secondary N) is 1. The molecule has 0 aliphatic rings. The highest BCUT2D eigenvalue weighted by Gasteiger charge is 2.30. The monoisotopic (exact) mass is 483 g/mol. The first kappa shape index (κ1) is 22.2. The third-order valence-corrected chi connectivity index (χ3v) is 8.39. The molecule has 0 spiro atoms. The first-order chi connectivity index (χ1) is 15.4. The lowest BCUT2D eigenvalue weighted by Gasteiger charge is -2.24. The van der Waals surface area contributed by atoms with Gasteiger partial charge in [-0.25, -0.2) is 17.7 Å². The van der Waals surface area contributed by atoms with E-state index in [-0.39, 0.29) is 22.6 Å². The number of sulfonamides is 1. The van der Waals surface area contributed by atoms with Crippen LogP contribution in [0.3, 0.4) is 0 Å². The Morgan fingerprint density at radius 1 is 1.00 bits per heavy atom. The van der Waals surface area contributed by atoms with Crippen LogP contribution in [0.25, 0.3) is 0 Å². The van der Waals surface area contributed by atoms with Gasteiger partial charge in [0.2, 0.25) is 5.91 Å². The van der Waals surface area contributed by atoms with E-state index in [1.165, 1.54) is 41.0 Å². The van der Waals surface area contributed by atoms with Crippen LogP contribution in [0.15, 0.2) is 88.6 Å². The van der Waals surface area contributed by atoms with Gasteiger partial charge in [0.1, 0.15) is 6.54 Å². The molecule has 1 atom stereocenters. The number of thiazole rings is 1. The van der Waals surface area contributed by atoms with Gasteiger partial charge in [0, 0.05) is 16.5 Å². The van der Waals surface area contributed by atoms with Crippen molar-refractivity contribution in [2.75, 3.05) is 10.8 Å². The number of nitrogens with zero attached hydrogens (tertiary/aromatic N) is 2. The number of thiophene rings is 1. The Hall–Kier alpha value is -3.01. The summed E-state index contributed by atoms with van der Waals surface area (Å²) in [6, 6.07) is 19.5. The van der Waals surface area contributed by atoms with E-state index >= 15 is 0 Å². The summed E-state index contributed by atoms with van der Waals surface area (Å²) in [6.07, 6.45) is 1.52. The largest absolute Gasteiger partial charge is 0.343 e. The Bertz CT molecular complexity index is 1260. The average molecular weight is 484 g/mol. The third kappa shape index (κ3) is 4.90. The number of amides is 1. The minimum Gasteiger partial charge on any atom is -0.343 e. The number of anilines is 1. The fourth-order valence-corrected chi connectivity index (χ4v) is 6.25. The number of rotatable bonds is 8. The number of benzene rings is 2. The van der Waals surface area contributed by atoms with Crippen LogP contribution in [0.5, 0.6) is 0 Å². The van der Waals surface area contributed by atoms with Crippen LogP contribution in [-0.4, -0.2) is 25.9 Å². The number of aromatic nitrogens is 1. The predicted octanol–water partition coefficient (Wildman–Crippen LogP) is 4.61. The lowest BCUT2D eigenvalue weighted by molar-refractivity contribution is -0.120. The molecular weight excluding hydrogens is 462 g/mol. The summed E-state index contributed by atoms with van der Waals surface area (Å²) in [5, 5.41) is 6.89. The number of carbonyl (C=O) groups excluding carboxylic acids is 1. The second-order valence-corrected chi connectivity index (χ2v) is 10.8. The Labute approximate surface area is 195 Å². The van der Waals surface area contributed by atoms with Gasteiger partial charge in [-0.3, -0.25) is 4.79 Å². The first-order valence-electron chi connectivity index (χ1n) is 9.82. The van der Waals surface area contributed by atoms with Crippen molar-refractivity contribution in [2.24, 2.45) is 0 Å². The van der Waals surface area contributed by atoms with Gasteiger partial charge >= 0.3 is 0 Å². The third-order valence-electron chi connectivity index (χ3n) is 4.79. The molecule has 1 N–H and O–H groups in total. The van der Waals surface area contributed by atoms with Crippen LogP contribution in [0.2, 0.25) is 0 Å². The summed E-state index contributed by atoms with van der Waals surface area (Å²) in [5.41, 5.74) is 2.05. The topological polar surface area (TPSA) is 79.4 Å². The summed E-state index contributed by atoms with van der Waals surface area (Å²) >= 11 is 2.70. The van der Waals surface area contributed by atoms with Crippen molar-refractivity contribution in [3.8, 4) is 0 Å². The molecule has 2 aromatic carbocycles. The molecule has 32 heavy (non-hydrogen) atoms. The van der Waals surface area contributed by atoms with Crippen LogP contribution in [0.4, 0.5) is 5.13 Å². The van der Waals surface area contributed by atoms with E-state index in [9.17, 15) is 13.2 Å². The van der Waals surface area contributed by atoms with Crippen molar-refractivity contribution < 1.29 is 13.2 Å². The highest BCUT2D eigenvalue weighted by molar-refractivity contribution is 7.93. The van der Waals surface area contributed by atoms with Gasteiger partial charge in [-0.15, -0.1) is 22.7 Å². The summed E-state index contributed by atoms with van der Waals surface area (Å²) in [5.74, 6) is -0.418. The highest BCUT2D eigenvalue weighted by atomic mass is 32.2. The first-order valence-corrected chi connectivity index (χ1v) is 13.0. The van der Waals surface area contributed by atoms with Crippen LogP contribution in [0.1, 0.15) is 22.0 Å². The molecule has 9 heteroatoms. The maximum atomic E-state index is 13.3. The molecule has 4 rings (SSSR count). The quantitative estimate of drug-likeness (QED) is 0.397. The Morgan fingerprint density at radius 3 is 2.38 bits per heavy atom. The Morgan fingerprint density at radius 2 is 1.75 bits per heavy atom. The van der Waals surface area contributed by atoms with E-state index in [0.717, 1.165) is 20.3 Å². The molecule has 0 radical (unpaired) electrons. The van der Waals surface area contributed by atoms with Gasteiger partial charge in [0.05, 0.1) is 10.9 Å². The van der Waals surface area contributed by atoms with E-state index in [1.807, 2.05) is 48.7 Å². The van der Waals surface area contributed by atoms with Crippen molar-refractivity contribution in [1.29, 1.82) is 0 Å². The Kier molecular flexibility index (Phi) is 6.69. The van der Waals surface area contributed by atoms with Crippen molar-refractivity contribution in [3.63, 3.8) is 0 Å². The van der Waals surface area contributed by atoms with Gasteiger partial charge in [0.25, 0.3) is 10.0 Å². The van der Waals surface area contributed by atoms with Gasteiger partial charge in [0.15, 0.2) is 5.13 Å². The van der Waals surface area contributed by atoms with Crippen LogP contribution >= 0.6 is 22.7 Å². The fraction of sp³-hybridized carbons (Fsp3) is 0.130. The molecule has 6 nitrogen and oxygen atoms in total. The zero-order chi connectivity index (χ0) is 22.6. The highest BCUT2D eigenvalue weighted by Crippen LogP contribution is 2.28. The zero-order valence-electron chi connectivity index (χ0n) is 17.2. The minimum absolute atomic E-state index is 0.108. The summed E-state index contributed by atoms with van der Waals surface area (Å²) in [7, 11) is -3.96. The SMILES string of the molecule is Cc1ccc(C(NC(=O)CN(c2nccs2)S(=O)(=O)c2ccccc2)c2cccs2)cc1. The molecule has 0 saturated carbocycles. The molecule has 1 unspecified atom stereocenters. The number of aryl methyl sites for hydroxylation is 1. The maximum absolute atomic E-state index is 13.3. The molecule has 0 aliphatic carbocycles. The van der Waals surface area contributed by atoms with E-state index < -0.39 is 15.9 Å². The normalized spacial score (nSPS) is 12.3. The van der Waals surface area contributed by atoms with Gasteiger partial charge in [-0.1, -0.05) is 54.1 Å². The standard InChI is InChI=1S/C23H21N3O3S3/c1-17-9-11-18(12-10-17)22(20-8-5-14-30-20)25-21(27)16-26(23-24-13-15-31-23)32(28,29)19-6-3-2-4-7-19/h2-15,22H,16H2,1H3,(H,25,27). The van der Waals surface area contributed by atoms with Crippen LogP contribution in [-0.2, 0) is 14.8 Å². The van der Waals surface area contributed by atoms with Crippen molar-refractivity contribution in [2.45, 2.75) is 17.9 Å². The molecule has 0 saturated heterocycles. The van der Waals surface area contributed by atoms with Crippen LogP contribution in [0, 0.1) is 6.92 Å². The molecule has 2 heterocycles. The van der Waals surface area contributed by atoms with Crippen LogP contribution < -0.4 is 9.62 Å². The van der Waals surface area contributed by atoms with Gasteiger partial charge in [-0.05, 0) is 36.1 Å². The Balaban J connectivity index is 1.62. The minimum atomic E-state index is -3.96. The summed E-state index contributed by atoms with van der Waals surface area (Å²) in [6.45, 7) is 1.63. The number of hydrogen-bond acceptors (Lipinski definition) is 6. The fourth-order valence-electron chi connectivity index (χ4n) is 3.18. The number of hydrogen-bond donors (Lipinski definition) is 1. The smallest absolute Gasteiger partial charge is 0.266 e. The lowest BCUT2D eigenvalue weighted by atomic mass is 10.0. The van der Waals surface area contributed by atoms with E-state index in [0.29, 0.717) is 0 Å². The number of carbonyl (C=O) groups is 1. The lowest BCUT2D eigenvalue weighted by Crippen LogP contribution is -2.42. The molecule has 0 fully saturated rings. The van der Waals surface area contributed by atoms with E-state index in [1.54, 1.807) is 23.6 Å². The van der Waals surface area contributed by atoms with Crippen molar-refractivity contribution in [3.05, 3.63) is 99.7 Å². The summed E-state index contributed by atoms with van der Waals surface area (Å²) < 4.78 is 27.7. The molecular formula is C23H21N3O3S3. The van der Waals surface area contributed by atoms with Crippen molar-refractivity contribution >= 4 is 43.7 Å². The molecule has 4 aromatic rings. The molecule has 1 amide bonds. The van der Waals surface area contributed by atoms with E-state index in [4.69, 9.17) is 0 Å². The molecule has 0 bridgehead atoms. The molecule has 0 aliphatic heterocycles. The summed E-state index contributed by atoms with van der Waals surface area (Å²) in [4.78, 5) is 18.4. The molecule has 2 aromatic heterocycles. The predicted molar refractivity (Wildman–Crippen MR) is 129 cm³/mol. The second-order valence-electron chi connectivity index (χ2n) is 7.07. The van der Waals surface area contributed by atoms with Crippen molar-refractivity contribution in [1.82, 2.24) is 10.3 Å². The van der Waals surface area contributed by atoms with Gasteiger partial charge in [-0.2, -0.15) is 0 Å². The zero-order valence-corrected chi connectivity index (χ0v) is 19.7. The second kappa shape index (κ2) is 9.64. The maximum Gasteiger partial charge on any atom is 0.266 e.